The molecule has 7 nitrogen and oxygen atoms in total. The standard InChI is InChI=1S/C18H19N3O4/c1-18(2,3)25-17(22)20-10-13-6-9-15(19-16(13)11-20)12-4-7-14(8-5-12)21(23)24/h4-9H,10-11H2,1-3H3. The average molecular weight is 341 g/mol. The minimum absolute atomic E-state index is 0.0426. The van der Waals surface area contributed by atoms with Gasteiger partial charge in [-0.2, -0.15) is 0 Å². The lowest BCUT2D eigenvalue weighted by molar-refractivity contribution is -0.384. The van der Waals surface area contributed by atoms with Gasteiger partial charge in [-0.3, -0.25) is 20.0 Å². The number of amides is 1. The van der Waals surface area contributed by atoms with Crippen LogP contribution in [0, 0.1) is 10.1 Å². The molecule has 1 amide bonds. The van der Waals surface area contributed by atoms with Crippen molar-refractivity contribution in [2.24, 2.45) is 0 Å². The van der Waals surface area contributed by atoms with Crippen molar-refractivity contribution >= 4 is 11.8 Å². The second kappa shape index (κ2) is 6.16. The number of fused-ring (bicyclic) bond motifs is 1. The van der Waals surface area contributed by atoms with Crippen molar-refractivity contribution in [1.82, 2.24) is 9.88 Å². The van der Waals surface area contributed by atoms with E-state index in [1.807, 2.05) is 32.9 Å². The lowest BCUT2D eigenvalue weighted by Crippen LogP contribution is -2.33. The number of pyridine rings is 1. The van der Waals surface area contributed by atoms with E-state index in [0.29, 0.717) is 13.1 Å². The van der Waals surface area contributed by atoms with Crippen LogP contribution < -0.4 is 0 Å². The number of nitro groups is 1. The van der Waals surface area contributed by atoms with E-state index in [2.05, 4.69) is 4.98 Å². The van der Waals surface area contributed by atoms with E-state index in [-0.39, 0.29) is 11.8 Å². The van der Waals surface area contributed by atoms with E-state index in [9.17, 15) is 14.9 Å². The summed E-state index contributed by atoms with van der Waals surface area (Å²) in [7, 11) is 0. The fourth-order valence-electron chi connectivity index (χ4n) is 2.62. The van der Waals surface area contributed by atoms with Gasteiger partial charge in [0, 0.05) is 17.7 Å². The van der Waals surface area contributed by atoms with Gasteiger partial charge >= 0.3 is 6.09 Å². The first-order valence-corrected chi connectivity index (χ1v) is 7.94. The van der Waals surface area contributed by atoms with E-state index in [1.54, 1.807) is 17.0 Å². The number of nitrogens with zero attached hydrogens (tertiary/aromatic N) is 3. The Morgan fingerprint density at radius 1 is 1.16 bits per heavy atom. The van der Waals surface area contributed by atoms with E-state index in [1.165, 1.54) is 12.1 Å². The lowest BCUT2D eigenvalue weighted by atomic mass is 10.1. The van der Waals surface area contributed by atoms with E-state index >= 15 is 0 Å². The third-order valence-electron chi connectivity index (χ3n) is 3.80. The Kier molecular flexibility index (Phi) is 4.16. The van der Waals surface area contributed by atoms with Gasteiger partial charge in [0.2, 0.25) is 0 Å². The molecule has 0 saturated carbocycles. The van der Waals surface area contributed by atoms with Crippen LogP contribution in [0.2, 0.25) is 0 Å². The van der Waals surface area contributed by atoms with Crippen molar-refractivity contribution in [2.45, 2.75) is 39.5 Å². The quantitative estimate of drug-likeness (QED) is 0.611. The number of non-ortho nitro benzene ring substituents is 1. The van der Waals surface area contributed by atoms with Crippen molar-refractivity contribution in [3.63, 3.8) is 0 Å². The summed E-state index contributed by atoms with van der Waals surface area (Å²) in [6.45, 7) is 6.36. The number of benzene rings is 1. The summed E-state index contributed by atoms with van der Waals surface area (Å²) < 4.78 is 5.40. The smallest absolute Gasteiger partial charge is 0.410 e. The zero-order valence-electron chi connectivity index (χ0n) is 14.4. The van der Waals surface area contributed by atoms with Gasteiger partial charge in [-0.05, 0) is 44.5 Å². The Labute approximate surface area is 145 Å². The average Bonchev–Trinajstić information content (AvgIpc) is 2.96. The van der Waals surface area contributed by atoms with Crippen molar-refractivity contribution < 1.29 is 14.5 Å². The first-order valence-electron chi connectivity index (χ1n) is 7.94. The second-order valence-corrected chi connectivity index (χ2v) is 6.94. The second-order valence-electron chi connectivity index (χ2n) is 6.94. The Balaban J connectivity index is 1.78. The molecule has 0 radical (unpaired) electrons. The van der Waals surface area contributed by atoms with Gasteiger partial charge < -0.3 is 4.74 Å². The Morgan fingerprint density at radius 3 is 2.44 bits per heavy atom. The van der Waals surface area contributed by atoms with Crippen LogP contribution in [0.15, 0.2) is 36.4 Å². The van der Waals surface area contributed by atoms with Crippen molar-refractivity contribution in [3.05, 3.63) is 57.8 Å². The van der Waals surface area contributed by atoms with Crippen LogP contribution in [0.4, 0.5) is 10.5 Å². The highest BCUT2D eigenvalue weighted by Gasteiger charge is 2.28. The topological polar surface area (TPSA) is 85.6 Å². The summed E-state index contributed by atoms with van der Waals surface area (Å²) in [5, 5.41) is 10.7. The highest BCUT2D eigenvalue weighted by atomic mass is 16.6. The van der Waals surface area contributed by atoms with Crippen molar-refractivity contribution in [2.75, 3.05) is 0 Å². The number of hydrogen-bond acceptors (Lipinski definition) is 5. The summed E-state index contributed by atoms with van der Waals surface area (Å²) >= 11 is 0. The van der Waals surface area contributed by atoms with Crippen LogP contribution in [0.1, 0.15) is 32.0 Å². The molecule has 2 heterocycles. The fourth-order valence-corrected chi connectivity index (χ4v) is 2.62. The van der Waals surface area contributed by atoms with Gasteiger partial charge in [-0.1, -0.05) is 6.07 Å². The highest BCUT2D eigenvalue weighted by Crippen LogP contribution is 2.27. The van der Waals surface area contributed by atoms with Gasteiger partial charge in [0.05, 0.1) is 29.4 Å². The zero-order chi connectivity index (χ0) is 18.2. The van der Waals surface area contributed by atoms with E-state index < -0.39 is 10.5 Å². The molecule has 25 heavy (non-hydrogen) atoms. The summed E-state index contributed by atoms with van der Waals surface area (Å²) in [6, 6.07) is 10.1. The largest absolute Gasteiger partial charge is 0.444 e. The third kappa shape index (κ3) is 3.76. The number of hydrogen-bond donors (Lipinski definition) is 0. The summed E-state index contributed by atoms with van der Waals surface area (Å²) in [4.78, 5) is 28.7. The molecular formula is C18H19N3O4. The Bertz CT molecular complexity index is 825. The predicted octanol–water partition coefficient (Wildman–Crippen LogP) is 3.91. The minimum Gasteiger partial charge on any atom is -0.444 e. The molecule has 0 fully saturated rings. The lowest BCUT2D eigenvalue weighted by Gasteiger charge is -2.23. The molecule has 1 aliphatic rings. The summed E-state index contributed by atoms with van der Waals surface area (Å²) in [5.41, 5.74) is 2.83. The van der Waals surface area contributed by atoms with Crippen LogP contribution >= 0.6 is 0 Å². The van der Waals surface area contributed by atoms with Crippen LogP contribution in [0.25, 0.3) is 11.3 Å². The molecule has 3 rings (SSSR count). The molecule has 0 bridgehead atoms. The monoisotopic (exact) mass is 341 g/mol. The number of rotatable bonds is 2. The van der Waals surface area contributed by atoms with Gasteiger partial charge in [-0.25, -0.2) is 4.79 Å². The predicted molar refractivity (Wildman–Crippen MR) is 91.8 cm³/mol. The summed E-state index contributed by atoms with van der Waals surface area (Å²) in [6.07, 6.45) is -0.359. The molecule has 1 aliphatic heterocycles. The maximum atomic E-state index is 12.2. The van der Waals surface area contributed by atoms with E-state index in [0.717, 1.165) is 22.5 Å². The molecule has 0 N–H and O–H groups in total. The van der Waals surface area contributed by atoms with Crippen LogP contribution in [-0.4, -0.2) is 26.5 Å². The minimum atomic E-state index is -0.538. The van der Waals surface area contributed by atoms with Gasteiger partial charge in [0.25, 0.3) is 5.69 Å². The molecule has 0 spiro atoms. The molecule has 0 unspecified atom stereocenters. The van der Waals surface area contributed by atoms with Crippen LogP contribution in [0.3, 0.4) is 0 Å². The molecule has 7 heteroatoms. The highest BCUT2D eigenvalue weighted by molar-refractivity contribution is 5.69. The van der Waals surface area contributed by atoms with E-state index in [4.69, 9.17) is 4.74 Å². The number of aromatic nitrogens is 1. The Hall–Kier alpha value is -2.96. The molecule has 0 aliphatic carbocycles. The van der Waals surface area contributed by atoms with Gasteiger partial charge in [0.1, 0.15) is 5.60 Å². The number of nitro benzene ring substituents is 1. The fraction of sp³-hybridized carbons (Fsp3) is 0.333. The molecule has 2 aromatic rings. The number of ether oxygens (including phenoxy) is 1. The maximum Gasteiger partial charge on any atom is 0.410 e. The molecule has 1 aromatic carbocycles. The number of carbonyl (C=O) groups is 1. The molecule has 0 saturated heterocycles. The van der Waals surface area contributed by atoms with Crippen molar-refractivity contribution in [1.29, 1.82) is 0 Å². The molecular weight excluding hydrogens is 322 g/mol. The van der Waals surface area contributed by atoms with Crippen LogP contribution in [0.5, 0.6) is 0 Å². The number of carbonyl (C=O) groups excluding carboxylic acids is 1. The SMILES string of the molecule is CC(C)(C)OC(=O)N1Cc2ccc(-c3ccc([N+](=O)[O-])cc3)nc2C1. The molecule has 0 atom stereocenters. The molecule has 1 aromatic heterocycles. The Morgan fingerprint density at radius 2 is 1.84 bits per heavy atom. The first-order chi connectivity index (χ1) is 11.7. The van der Waals surface area contributed by atoms with Gasteiger partial charge in [0.15, 0.2) is 0 Å². The van der Waals surface area contributed by atoms with Crippen molar-refractivity contribution in [3.8, 4) is 11.3 Å². The maximum absolute atomic E-state index is 12.2. The normalized spacial score (nSPS) is 13.5. The zero-order valence-corrected chi connectivity index (χ0v) is 14.4. The third-order valence-corrected chi connectivity index (χ3v) is 3.80. The van der Waals surface area contributed by atoms with Crippen LogP contribution in [-0.2, 0) is 17.8 Å². The summed E-state index contributed by atoms with van der Waals surface area (Å²) in [5.74, 6) is 0. The molecule has 130 valence electrons. The first kappa shape index (κ1) is 16.9. The van der Waals surface area contributed by atoms with Gasteiger partial charge in [-0.15, -0.1) is 0 Å².